The van der Waals surface area contributed by atoms with E-state index in [0.29, 0.717) is 17.3 Å². The van der Waals surface area contributed by atoms with Crippen molar-refractivity contribution in [1.29, 1.82) is 0 Å². The summed E-state index contributed by atoms with van der Waals surface area (Å²) in [6.45, 7) is 3.20. The number of hydrogen-bond donors (Lipinski definition) is 1. The normalized spacial score (nSPS) is 20.1. The number of benzene rings is 1. The van der Waals surface area contributed by atoms with Crippen LogP contribution >= 0.6 is 11.6 Å². The molecule has 0 radical (unpaired) electrons. The smallest absolute Gasteiger partial charge is 0.131 e. The summed E-state index contributed by atoms with van der Waals surface area (Å²) in [5, 5.41) is 15.5. The van der Waals surface area contributed by atoms with Gasteiger partial charge < -0.3 is 5.11 Å². The van der Waals surface area contributed by atoms with Gasteiger partial charge in [-0.15, -0.1) is 0 Å². The van der Waals surface area contributed by atoms with Gasteiger partial charge in [0.15, 0.2) is 0 Å². The summed E-state index contributed by atoms with van der Waals surface area (Å²) in [6, 6.07) is 6.50. The van der Waals surface area contributed by atoms with Crippen LogP contribution in [0.15, 0.2) is 24.3 Å². The number of aromatic nitrogens is 2. The fourth-order valence-electron chi connectivity index (χ4n) is 3.46. The number of β-amino-alcohol motifs (C(OH)–C–C–N with tert-alkyl or cyclic N) is 1. The molecule has 2 aromatic rings. The lowest BCUT2D eigenvalue weighted by atomic mass is 10.0. The Morgan fingerprint density at radius 3 is 2.83 bits per heavy atom. The van der Waals surface area contributed by atoms with Crippen LogP contribution in [0, 0.1) is 12.7 Å². The number of aryl methyl sites for hydroxylation is 2. The zero-order valence-corrected chi connectivity index (χ0v) is 14.1. The van der Waals surface area contributed by atoms with E-state index >= 15 is 0 Å². The van der Waals surface area contributed by atoms with E-state index in [2.05, 4.69) is 10.00 Å². The number of hydrogen-bond acceptors (Lipinski definition) is 3. The molecule has 1 aromatic carbocycles. The third kappa shape index (κ3) is 3.13. The summed E-state index contributed by atoms with van der Waals surface area (Å²) in [5.41, 5.74) is 2.27. The molecule has 0 amide bonds. The number of halogens is 2. The van der Waals surface area contributed by atoms with Gasteiger partial charge >= 0.3 is 0 Å². The van der Waals surface area contributed by atoms with Crippen molar-refractivity contribution in [2.75, 3.05) is 13.1 Å². The van der Waals surface area contributed by atoms with Gasteiger partial charge in [0, 0.05) is 30.8 Å². The number of rotatable bonds is 4. The van der Waals surface area contributed by atoms with E-state index in [1.54, 1.807) is 22.9 Å². The third-order valence-electron chi connectivity index (χ3n) is 4.56. The van der Waals surface area contributed by atoms with Gasteiger partial charge in [-0.25, -0.2) is 4.39 Å². The van der Waals surface area contributed by atoms with Crippen molar-refractivity contribution in [3.05, 3.63) is 52.1 Å². The van der Waals surface area contributed by atoms with Crippen LogP contribution in [0.3, 0.4) is 0 Å². The van der Waals surface area contributed by atoms with Crippen molar-refractivity contribution in [1.82, 2.24) is 14.7 Å². The minimum Gasteiger partial charge on any atom is -0.387 e. The van der Waals surface area contributed by atoms with Crippen molar-refractivity contribution in [3.63, 3.8) is 0 Å². The maximum Gasteiger partial charge on any atom is 0.131 e. The molecule has 0 aliphatic carbocycles. The van der Waals surface area contributed by atoms with Gasteiger partial charge in [-0.2, -0.15) is 5.10 Å². The van der Waals surface area contributed by atoms with Crippen LogP contribution in [0.4, 0.5) is 4.39 Å². The molecule has 1 aliphatic heterocycles. The SMILES string of the molecule is Cc1nn(C)c(Cl)c1[C@H]1CCCN1C[C@H](O)c1ccccc1F. The number of likely N-dealkylation sites (tertiary alicyclic amines) is 1. The summed E-state index contributed by atoms with van der Waals surface area (Å²) >= 11 is 6.39. The number of aliphatic hydroxyl groups excluding tert-OH is 1. The summed E-state index contributed by atoms with van der Waals surface area (Å²) in [6.07, 6.45) is 1.14. The Balaban J connectivity index is 1.81. The Morgan fingerprint density at radius 2 is 2.17 bits per heavy atom. The van der Waals surface area contributed by atoms with Gasteiger partial charge in [-0.1, -0.05) is 29.8 Å². The first-order valence-electron chi connectivity index (χ1n) is 7.84. The van der Waals surface area contributed by atoms with Crippen LogP contribution in [0.25, 0.3) is 0 Å². The molecule has 4 nitrogen and oxygen atoms in total. The molecule has 0 saturated carbocycles. The van der Waals surface area contributed by atoms with E-state index in [1.807, 2.05) is 14.0 Å². The van der Waals surface area contributed by atoms with Crippen LogP contribution in [-0.4, -0.2) is 32.9 Å². The fourth-order valence-corrected chi connectivity index (χ4v) is 3.76. The average Bonchev–Trinajstić information content (AvgIpc) is 3.04. The molecule has 6 heteroatoms. The maximum atomic E-state index is 13.9. The van der Waals surface area contributed by atoms with Gasteiger partial charge in [0.25, 0.3) is 0 Å². The Morgan fingerprint density at radius 1 is 1.43 bits per heavy atom. The van der Waals surface area contributed by atoms with Crippen molar-refractivity contribution in [2.24, 2.45) is 7.05 Å². The Labute approximate surface area is 140 Å². The van der Waals surface area contributed by atoms with Gasteiger partial charge in [0.1, 0.15) is 11.0 Å². The molecule has 3 rings (SSSR count). The number of nitrogens with zero attached hydrogens (tertiary/aromatic N) is 3. The average molecular weight is 338 g/mol. The van der Waals surface area contributed by atoms with Crippen molar-refractivity contribution >= 4 is 11.6 Å². The molecule has 124 valence electrons. The zero-order valence-electron chi connectivity index (χ0n) is 13.3. The highest BCUT2D eigenvalue weighted by atomic mass is 35.5. The molecule has 1 N–H and O–H groups in total. The zero-order chi connectivity index (χ0) is 16.6. The second kappa shape index (κ2) is 6.59. The molecule has 1 aliphatic rings. The predicted octanol–water partition coefficient (Wildman–Crippen LogP) is 3.39. The van der Waals surface area contributed by atoms with E-state index < -0.39 is 6.10 Å². The van der Waals surface area contributed by atoms with Crippen molar-refractivity contribution < 1.29 is 9.50 Å². The van der Waals surface area contributed by atoms with E-state index in [-0.39, 0.29) is 11.9 Å². The monoisotopic (exact) mass is 337 g/mol. The van der Waals surface area contributed by atoms with Gasteiger partial charge in [0.2, 0.25) is 0 Å². The predicted molar refractivity (Wildman–Crippen MR) is 87.9 cm³/mol. The van der Waals surface area contributed by atoms with Crippen LogP contribution in [0.5, 0.6) is 0 Å². The Bertz CT molecular complexity index is 703. The fraction of sp³-hybridized carbons (Fsp3) is 0.471. The first-order valence-corrected chi connectivity index (χ1v) is 8.22. The topological polar surface area (TPSA) is 41.3 Å². The first-order chi connectivity index (χ1) is 11.0. The molecule has 0 spiro atoms. The molecule has 2 heterocycles. The molecule has 1 fully saturated rings. The van der Waals surface area contributed by atoms with Gasteiger partial charge in [-0.3, -0.25) is 9.58 Å². The highest BCUT2D eigenvalue weighted by Crippen LogP contribution is 2.38. The first kappa shape index (κ1) is 16.4. The molecular weight excluding hydrogens is 317 g/mol. The molecule has 1 aromatic heterocycles. The molecule has 23 heavy (non-hydrogen) atoms. The largest absolute Gasteiger partial charge is 0.387 e. The molecule has 0 bridgehead atoms. The van der Waals surface area contributed by atoms with Crippen LogP contribution in [0.2, 0.25) is 5.15 Å². The highest BCUT2D eigenvalue weighted by Gasteiger charge is 2.32. The van der Waals surface area contributed by atoms with E-state index in [0.717, 1.165) is 30.6 Å². The van der Waals surface area contributed by atoms with Crippen molar-refractivity contribution in [2.45, 2.75) is 31.9 Å². The third-order valence-corrected chi connectivity index (χ3v) is 5.01. The minimum absolute atomic E-state index is 0.123. The summed E-state index contributed by atoms with van der Waals surface area (Å²) in [5.74, 6) is -0.369. The number of aliphatic hydroxyl groups is 1. The maximum absolute atomic E-state index is 13.9. The summed E-state index contributed by atoms with van der Waals surface area (Å²) < 4.78 is 15.5. The molecular formula is C17H21ClFN3O. The lowest BCUT2D eigenvalue weighted by Gasteiger charge is -2.27. The standard InChI is InChI=1S/C17H21ClFN3O/c1-11-16(17(18)21(2)20-11)14-8-5-9-22(14)10-15(23)12-6-3-4-7-13(12)19/h3-4,6-7,14-15,23H,5,8-10H2,1-2H3/t14-,15+/m1/s1. The highest BCUT2D eigenvalue weighted by molar-refractivity contribution is 6.30. The van der Waals surface area contributed by atoms with Crippen LogP contribution in [-0.2, 0) is 7.05 Å². The lowest BCUT2D eigenvalue weighted by molar-refractivity contribution is 0.103. The van der Waals surface area contributed by atoms with Gasteiger partial charge in [0.05, 0.1) is 11.8 Å². The van der Waals surface area contributed by atoms with Crippen LogP contribution < -0.4 is 0 Å². The minimum atomic E-state index is -0.854. The van der Waals surface area contributed by atoms with Crippen molar-refractivity contribution in [3.8, 4) is 0 Å². The molecule has 1 saturated heterocycles. The van der Waals surface area contributed by atoms with E-state index in [1.165, 1.54) is 6.07 Å². The van der Waals surface area contributed by atoms with E-state index in [4.69, 9.17) is 11.6 Å². The lowest BCUT2D eigenvalue weighted by Crippen LogP contribution is -2.29. The Kier molecular flexibility index (Phi) is 4.71. The summed E-state index contributed by atoms with van der Waals surface area (Å²) in [7, 11) is 1.83. The van der Waals surface area contributed by atoms with E-state index in [9.17, 15) is 9.50 Å². The molecule has 2 atom stereocenters. The second-order valence-electron chi connectivity index (χ2n) is 6.10. The van der Waals surface area contributed by atoms with Crippen LogP contribution in [0.1, 0.15) is 41.8 Å². The van der Waals surface area contributed by atoms with Gasteiger partial charge in [-0.05, 0) is 32.4 Å². The summed E-state index contributed by atoms with van der Waals surface area (Å²) in [4.78, 5) is 2.17. The second-order valence-corrected chi connectivity index (χ2v) is 6.46. The Hall–Kier alpha value is -1.43. The quantitative estimate of drug-likeness (QED) is 0.929. The molecule has 0 unspecified atom stereocenters.